The number of carbonyl (C=O) groups is 2. The number of Topliss-reactive ketones (excluding diaryl/α,β-unsaturated/α-hetero) is 1. The third-order valence-corrected chi connectivity index (χ3v) is 11.2. The lowest BCUT2D eigenvalue weighted by molar-refractivity contribution is -0.201. The van der Waals surface area contributed by atoms with Gasteiger partial charge in [0, 0.05) is 39.4 Å². The van der Waals surface area contributed by atoms with Crippen LogP contribution in [0.2, 0.25) is 0 Å². The predicted octanol–water partition coefficient (Wildman–Crippen LogP) is 4.62. The van der Waals surface area contributed by atoms with Crippen molar-refractivity contribution in [2.24, 2.45) is 28.6 Å². The maximum absolute atomic E-state index is 13.7. The highest BCUT2D eigenvalue weighted by atomic mass is 16.7. The number of aliphatic hydroxyl groups excluding tert-OH is 2. The summed E-state index contributed by atoms with van der Waals surface area (Å²) < 4.78 is 13.2. The van der Waals surface area contributed by atoms with Gasteiger partial charge in [-0.2, -0.15) is 0 Å². The molecule has 2 aromatic rings. The van der Waals surface area contributed by atoms with Crippen LogP contribution in [0.3, 0.4) is 0 Å². The van der Waals surface area contributed by atoms with Crippen molar-refractivity contribution in [3.8, 4) is 0 Å². The first-order valence-corrected chi connectivity index (χ1v) is 14.9. The number of ketones is 2. The number of rotatable bonds is 5. The van der Waals surface area contributed by atoms with Gasteiger partial charge in [0.1, 0.15) is 6.61 Å². The van der Waals surface area contributed by atoms with E-state index in [2.05, 4.69) is 12.2 Å². The Balaban J connectivity index is 1.18. The minimum absolute atomic E-state index is 0.000347. The Morgan fingerprint density at radius 1 is 1.14 bits per heavy atom. The summed E-state index contributed by atoms with van der Waals surface area (Å²) in [5, 5.41) is 25.3. The highest BCUT2D eigenvalue weighted by Crippen LogP contribution is 2.70. The van der Waals surface area contributed by atoms with E-state index < -0.39 is 47.3 Å². The molecule has 1 heterocycles. The topological polar surface area (TPSA) is 131 Å². The van der Waals surface area contributed by atoms with E-state index in [4.69, 9.17) is 15.2 Å². The second kappa shape index (κ2) is 9.61. The van der Waals surface area contributed by atoms with Crippen LogP contribution in [0.15, 0.2) is 72.3 Å². The van der Waals surface area contributed by atoms with Crippen molar-refractivity contribution in [2.45, 2.75) is 63.6 Å². The van der Waals surface area contributed by atoms with E-state index in [1.807, 2.05) is 61.5 Å². The molecule has 42 heavy (non-hydrogen) atoms. The Hall–Kier alpha value is -3.30. The summed E-state index contributed by atoms with van der Waals surface area (Å²) >= 11 is 0. The van der Waals surface area contributed by atoms with Crippen LogP contribution in [-0.4, -0.2) is 46.2 Å². The summed E-state index contributed by atoms with van der Waals surface area (Å²) in [7, 11) is 0. The molecule has 4 fully saturated rings. The number of ether oxygens (including phenoxy) is 2. The molecule has 0 radical (unpaired) electrons. The quantitative estimate of drug-likeness (QED) is 0.383. The lowest BCUT2D eigenvalue weighted by Gasteiger charge is -2.59. The molecule has 7 rings (SSSR count). The number of nitrogen functional groups attached to an aromatic ring is 1. The number of nitrogens with two attached hydrogens (primary N) is 1. The van der Waals surface area contributed by atoms with Crippen LogP contribution in [0.1, 0.15) is 51.4 Å². The maximum Gasteiger partial charge on any atom is 0.193 e. The van der Waals surface area contributed by atoms with Crippen LogP contribution >= 0.6 is 0 Å². The molecule has 2 aromatic carbocycles. The van der Waals surface area contributed by atoms with Gasteiger partial charge in [0.05, 0.1) is 12.2 Å². The van der Waals surface area contributed by atoms with Crippen molar-refractivity contribution in [1.29, 1.82) is 0 Å². The number of anilines is 3. The number of hydrogen-bond acceptors (Lipinski definition) is 8. The second-order valence-electron chi connectivity index (χ2n) is 13.2. The summed E-state index contributed by atoms with van der Waals surface area (Å²) in [6, 6.07) is 15.2. The normalized spacial score (nSPS) is 40.0. The zero-order chi connectivity index (χ0) is 29.4. The highest BCUT2D eigenvalue weighted by Gasteiger charge is 2.75. The first-order valence-electron chi connectivity index (χ1n) is 14.9. The summed E-state index contributed by atoms with van der Waals surface area (Å²) in [6.45, 7) is 3.52. The summed E-state index contributed by atoms with van der Waals surface area (Å²) in [4.78, 5) is 25.9. The van der Waals surface area contributed by atoms with Crippen LogP contribution in [0.25, 0.3) is 0 Å². The van der Waals surface area contributed by atoms with Crippen LogP contribution < -0.4 is 11.1 Å². The van der Waals surface area contributed by atoms with Crippen LogP contribution in [0.4, 0.5) is 17.1 Å². The van der Waals surface area contributed by atoms with E-state index in [0.717, 1.165) is 35.4 Å². The number of benzene rings is 2. The van der Waals surface area contributed by atoms with Gasteiger partial charge in [-0.25, -0.2) is 0 Å². The summed E-state index contributed by atoms with van der Waals surface area (Å²) in [5.41, 5.74) is 7.68. The number of carbonyl (C=O) groups excluding carboxylic acids is 2. The Bertz CT molecular complexity index is 1500. The molecule has 1 saturated heterocycles. The van der Waals surface area contributed by atoms with Gasteiger partial charge in [-0.1, -0.05) is 43.7 Å². The van der Waals surface area contributed by atoms with Gasteiger partial charge in [-0.3, -0.25) is 9.59 Å². The number of allylic oxidation sites excluding steroid dienone is 4. The van der Waals surface area contributed by atoms with Crippen molar-refractivity contribution in [1.82, 2.24) is 0 Å². The third-order valence-electron chi connectivity index (χ3n) is 11.2. The van der Waals surface area contributed by atoms with Crippen LogP contribution in [-0.2, 0) is 19.1 Å². The molecule has 0 bridgehead atoms. The number of hydrogen-bond donors (Lipinski definition) is 4. The molecule has 0 spiro atoms. The minimum Gasteiger partial charge on any atom is -0.399 e. The summed E-state index contributed by atoms with van der Waals surface area (Å²) in [6.07, 6.45) is 5.89. The molecule has 3 saturated carbocycles. The molecule has 1 aliphatic heterocycles. The fraction of sp³-hybridized carbons (Fsp3) is 0.471. The van der Waals surface area contributed by atoms with Gasteiger partial charge in [0.25, 0.3) is 0 Å². The van der Waals surface area contributed by atoms with E-state index in [-0.39, 0.29) is 23.5 Å². The minimum atomic E-state index is -1.36. The Kier molecular flexibility index (Phi) is 6.30. The average Bonchev–Trinajstić information content (AvgIpc) is 3.46. The maximum atomic E-state index is 13.7. The third kappa shape index (κ3) is 3.82. The molecule has 8 nitrogen and oxygen atoms in total. The molecular weight excluding hydrogens is 532 g/mol. The Morgan fingerprint density at radius 3 is 2.67 bits per heavy atom. The van der Waals surface area contributed by atoms with Crippen molar-refractivity contribution in [3.63, 3.8) is 0 Å². The molecule has 0 unspecified atom stereocenters. The van der Waals surface area contributed by atoms with Gasteiger partial charge in [-0.05, 0) is 80.0 Å². The summed E-state index contributed by atoms with van der Waals surface area (Å²) in [5.74, 6) is -0.287. The van der Waals surface area contributed by atoms with Crippen molar-refractivity contribution < 1.29 is 29.3 Å². The largest absolute Gasteiger partial charge is 0.399 e. The van der Waals surface area contributed by atoms with Crippen molar-refractivity contribution in [2.75, 3.05) is 17.7 Å². The van der Waals surface area contributed by atoms with Gasteiger partial charge in [-0.15, -0.1) is 0 Å². The van der Waals surface area contributed by atoms with E-state index in [1.165, 1.54) is 0 Å². The lowest BCUT2D eigenvalue weighted by atomic mass is 9.46. The van der Waals surface area contributed by atoms with Crippen molar-refractivity contribution >= 4 is 28.6 Å². The van der Waals surface area contributed by atoms with Gasteiger partial charge in [0.15, 0.2) is 23.5 Å². The van der Waals surface area contributed by atoms with E-state index >= 15 is 0 Å². The molecule has 0 amide bonds. The molecule has 0 aromatic heterocycles. The average molecular weight is 571 g/mol. The number of fused-ring (bicyclic) bond motifs is 7. The predicted molar refractivity (Wildman–Crippen MR) is 157 cm³/mol. The van der Waals surface area contributed by atoms with E-state index in [9.17, 15) is 19.8 Å². The lowest BCUT2D eigenvalue weighted by Crippen LogP contribution is -2.63. The smallest absolute Gasteiger partial charge is 0.193 e. The first kappa shape index (κ1) is 27.5. The molecule has 8 heteroatoms. The second-order valence-corrected chi connectivity index (χ2v) is 13.2. The van der Waals surface area contributed by atoms with Gasteiger partial charge < -0.3 is 30.7 Å². The van der Waals surface area contributed by atoms with Crippen LogP contribution in [0.5, 0.6) is 0 Å². The molecular formula is C34H38N2O6. The molecule has 5 N–H and O–H groups in total. The monoisotopic (exact) mass is 570 g/mol. The van der Waals surface area contributed by atoms with Crippen LogP contribution in [0, 0.1) is 28.6 Å². The fourth-order valence-electron chi connectivity index (χ4n) is 9.34. The van der Waals surface area contributed by atoms with Crippen molar-refractivity contribution in [3.05, 3.63) is 77.9 Å². The number of nitrogens with one attached hydrogen (secondary N) is 1. The van der Waals surface area contributed by atoms with Gasteiger partial charge in [0.2, 0.25) is 0 Å². The standard InChI is InChI=1S/C34H38N2O6/c1-32-13-12-24(38)14-20(32)8-11-25-26-16-29-34(28(40)18-37,33(26,2)17-27(39)30(25)32)42-31(41-29)19-6-9-22(10-7-19)36-23-5-3-4-21(35)15-23/h3-7,9-10,12-15,25-27,29-31,36-37,39H,8,11,16-18,35H2,1-2H3/t25-,26-,27-,29+,30+,31-,32-,33-,34+/m0/s1. The number of aliphatic hydroxyl groups is 2. The molecule has 5 aliphatic rings. The molecule has 4 aliphatic carbocycles. The fourth-order valence-corrected chi connectivity index (χ4v) is 9.34. The zero-order valence-electron chi connectivity index (χ0n) is 24.0. The van der Waals surface area contributed by atoms with E-state index in [0.29, 0.717) is 18.5 Å². The zero-order valence-corrected chi connectivity index (χ0v) is 24.0. The highest BCUT2D eigenvalue weighted by molar-refractivity contribution is 6.01. The van der Waals surface area contributed by atoms with Gasteiger partial charge >= 0.3 is 0 Å². The molecule has 9 atom stereocenters. The molecule has 220 valence electrons. The Morgan fingerprint density at radius 2 is 1.93 bits per heavy atom. The van der Waals surface area contributed by atoms with E-state index in [1.54, 1.807) is 12.2 Å². The first-order chi connectivity index (χ1) is 20.1. The SMILES string of the molecule is C[C@]12C=CC(=O)C=C1CC[C@@H]1[C@@H]2[C@@H](O)C[C@@]2(C)[C@H]1C[C@H]1O[C@H](c3ccc(Nc4cccc(N)c4)cc3)O[C@]12C(=O)CO. The Labute approximate surface area is 245 Å².